The lowest BCUT2D eigenvalue weighted by atomic mass is 10.2. The van der Waals surface area contributed by atoms with E-state index in [1.807, 2.05) is 0 Å². The largest absolute Gasteiger partial charge is 0.446 e. The standard InChI is InChI=1S/C10H16N2O2/c1-7(2)8-6-14-10(12-8)9-5-11-3-4-13-9/h6-7,9,11H,3-5H2,1-2H3. The summed E-state index contributed by atoms with van der Waals surface area (Å²) >= 11 is 0. The van der Waals surface area contributed by atoms with Crippen molar-refractivity contribution in [3.63, 3.8) is 0 Å². The van der Waals surface area contributed by atoms with Crippen molar-refractivity contribution >= 4 is 0 Å². The molecule has 14 heavy (non-hydrogen) atoms. The van der Waals surface area contributed by atoms with Crippen molar-refractivity contribution in [2.24, 2.45) is 0 Å². The van der Waals surface area contributed by atoms with Gasteiger partial charge in [-0.05, 0) is 5.92 Å². The van der Waals surface area contributed by atoms with Gasteiger partial charge in [0.25, 0.3) is 0 Å². The van der Waals surface area contributed by atoms with Gasteiger partial charge in [0.15, 0.2) is 0 Å². The Kier molecular flexibility index (Phi) is 2.84. The lowest BCUT2D eigenvalue weighted by Gasteiger charge is -2.20. The predicted octanol–water partition coefficient (Wildman–Crippen LogP) is 1.46. The zero-order valence-electron chi connectivity index (χ0n) is 8.62. The van der Waals surface area contributed by atoms with Crippen molar-refractivity contribution in [1.82, 2.24) is 10.3 Å². The molecule has 0 bridgehead atoms. The summed E-state index contributed by atoms with van der Waals surface area (Å²) in [4.78, 5) is 4.40. The normalized spacial score (nSPS) is 22.9. The molecule has 4 nitrogen and oxygen atoms in total. The van der Waals surface area contributed by atoms with E-state index < -0.39 is 0 Å². The highest BCUT2D eigenvalue weighted by Crippen LogP contribution is 2.21. The van der Waals surface area contributed by atoms with Crippen molar-refractivity contribution < 1.29 is 9.15 Å². The molecule has 0 aliphatic carbocycles. The van der Waals surface area contributed by atoms with Gasteiger partial charge in [0.05, 0.1) is 12.3 Å². The van der Waals surface area contributed by atoms with Gasteiger partial charge in [-0.3, -0.25) is 0 Å². The van der Waals surface area contributed by atoms with E-state index in [0.29, 0.717) is 11.8 Å². The molecular formula is C10H16N2O2. The van der Waals surface area contributed by atoms with Crippen LogP contribution in [-0.4, -0.2) is 24.7 Å². The molecule has 1 aliphatic rings. The van der Waals surface area contributed by atoms with Gasteiger partial charge in [-0.15, -0.1) is 0 Å². The van der Waals surface area contributed by atoms with Crippen LogP contribution in [0.3, 0.4) is 0 Å². The van der Waals surface area contributed by atoms with Crippen LogP contribution in [0.4, 0.5) is 0 Å². The summed E-state index contributed by atoms with van der Waals surface area (Å²) in [5, 5.41) is 3.25. The molecule has 1 fully saturated rings. The number of morpholine rings is 1. The van der Waals surface area contributed by atoms with Gasteiger partial charge in [0.1, 0.15) is 12.4 Å². The number of nitrogens with one attached hydrogen (secondary N) is 1. The molecule has 78 valence electrons. The van der Waals surface area contributed by atoms with Crippen molar-refractivity contribution in [2.45, 2.75) is 25.9 Å². The molecule has 1 saturated heterocycles. The second kappa shape index (κ2) is 4.11. The average molecular weight is 196 g/mol. The second-order valence-electron chi connectivity index (χ2n) is 3.83. The van der Waals surface area contributed by atoms with Gasteiger partial charge in [0.2, 0.25) is 5.89 Å². The second-order valence-corrected chi connectivity index (χ2v) is 3.83. The monoisotopic (exact) mass is 196 g/mol. The Labute approximate surface area is 83.7 Å². The molecule has 1 N–H and O–H groups in total. The van der Waals surface area contributed by atoms with Crippen LogP contribution in [0, 0.1) is 0 Å². The Morgan fingerprint density at radius 2 is 2.43 bits per heavy atom. The van der Waals surface area contributed by atoms with Crippen molar-refractivity contribution in [1.29, 1.82) is 0 Å². The first-order chi connectivity index (χ1) is 6.77. The van der Waals surface area contributed by atoms with Gasteiger partial charge in [-0.25, -0.2) is 4.98 Å². The number of hydrogen-bond acceptors (Lipinski definition) is 4. The van der Waals surface area contributed by atoms with Crippen LogP contribution in [-0.2, 0) is 4.74 Å². The summed E-state index contributed by atoms with van der Waals surface area (Å²) in [7, 11) is 0. The van der Waals surface area contributed by atoms with E-state index in [0.717, 1.165) is 25.4 Å². The minimum atomic E-state index is -0.0174. The lowest BCUT2D eigenvalue weighted by Crippen LogP contribution is -2.33. The third-order valence-electron chi connectivity index (χ3n) is 2.33. The van der Waals surface area contributed by atoms with E-state index >= 15 is 0 Å². The highest BCUT2D eigenvalue weighted by molar-refractivity contribution is 5.03. The molecular weight excluding hydrogens is 180 g/mol. The average Bonchev–Trinajstić information content (AvgIpc) is 2.68. The Bertz CT molecular complexity index is 290. The van der Waals surface area contributed by atoms with Crippen LogP contribution in [0.2, 0.25) is 0 Å². The third kappa shape index (κ3) is 1.96. The quantitative estimate of drug-likeness (QED) is 0.778. The summed E-state index contributed by atoms with van der Waals surface area (Å²) in [6, 6.07) is 0. The Morgan fingerprint density at radius 3 is 3.00 bits per heavy atom. The van der Waals surface area contributed by atoms with E-state index in [4.69, 9.17) is 9.15 Å². The number of ether oxygens (including phenoxy) is 1. The van der Waals surface area contributed by atoms with Crippen LogP contribution in [0.5, 0.6) is 0 Å². The Morgan fingerprint density at radius 1 is 1.57 bits per heavy atom. The summed E-state index contributed by atoms with van der Waals surface area (Å²) < 4.78 is 10.9. The van der Waals surface area contributed by atoms with Crippen LogP contribution < -0.4 is 5.32 Å². The smallest absolute Gasteiger partial charge is 0.224 e. The number of oxazole rings is 1. The van der Waals surface area contributed by atoms with Gasteiger partial charge >= 0.3 is 0 Å². The fourth-order valence-corrected chi connectivity index (χ4v) is 1.44. The van der Waals surface area contributed by atoms with Gasteiger partial charge in [0, 0.05) is 13.1 Å². The molecule has 0 amide bonds. The van der Waals surface area contributed by atoms with Crippen molar-refractivity contribution in [2.75, 3.05) is 19.7 Å². The SMILES string of the molecule is CC(C)c1coc(C2CNCCO2)n1. The number of nitrogens with zero attached hydrogens (tertiary/aromatic N) is 1. The summed E-state index contributed by atoms with van der Waals surface area (Å²) in [6.45, 7) is 6.62. The van der Waals surface area contributed by atoms with Crippen molar-refractivity contribution in [3.05, 3.63) is 17.8 Å². The molecule has 0 aromatic carbocycles. The first-order valence-electron chi connectivity index (χ1n) is 5.05. The first kappa shape index (κ1) is 9.68. The number of rotatable bonds is 2. The maximum Gasteiger partial charge on any atom is 0.224 e. The first-order valence-corrected chi connectivity index (χ1v) is 5.05. The third-order valence-corrected chi connectivity index (χ3v) is 2.33. The molecule has 4 heteroatoms. The zero-order valence-corrected chi connectivity index (χ0v) is 8.62. The molecule has 1 aromatic rings. The Balaban J connectivity index is 2.07. The van der Waals surface area contributed by atoms with E-state index in [9.17, 15) is 0 Å². The molecule has 2 heterocycles. The van der Waals surface area contributed by atoms with E-state index in [-0.39, 0.29) is 6.10 Å². The fourth-order valence-electron chi connectivity index (χ4n) is 1.44. The van der Waals surface area contributed by atoms with Crippen LogP contribution in [0.25, 0.3) is 0 Å². The molecule has 1 unspecified atom stereocenters. The fraction of sp³-hybridized carbons (Fsp3) is 0.700. The Hall–Kier alpha value is -0.870. The van der Waals surface area contributed by atoms with Gasteiger partial charge in [-0.1, -0.05) is 13.8 Å². The number of hydrogen-bond donors (Lipinski definition) is 1. The molecule has 0 radical (unpaired) electrons. The molecule has 2 rings (SSSR count). The van der Waals surface area contributed by atoms with Gasteiger partial charge < -0.3 is 14.5 Å². The van der Waals surface area contributed by atoms with E-state index in [2.05, 4.69) is 24.1 Å². The predicted molar refractivity (Wildman–Crippen MR) is 52.2 cm³/mol. The number of aromatic nitrogens is 1. The highest BCUT2D eigenvalue weighted by Gasteiger charge is 2.21. The lowest BCUT2D eigenvalue weighted by molar-refractivity contribution is 0.0108. The van der Waals surface area contributed by atoms with E-state index in [1.165, 1.54) is 0 Å². The molecule has 1 aliphatic heterocycles. The van der Waals surface area contributed by atoms with Crippen molar-refractivity contribution in [3.8, 4) is 0 Å². The highest BCUT2D eigenvalue weighted by atomic mass is 16.5. The maximum atomic E-state index is 5.54. The molecule has 0 saturated carbocycles. The molecule has 1 aromatic heterocycles. The summed E-state index contributed by atoms with van der Waals surface area (Å²) in [6.07, 6.45) is 1.70. The summed E-state index contributed by atoms with van der Waals surface area (Å²) in [5.41, 5.74) is 0.995. The van der Waals surface area contributed by atoms with Gasteiger partial charge in [-0.2, -0.15) is 0 Å². The molecule has 1 atom stereocenters. The topological polar surface area (TPSA) is 47.3 Å². The minimum absolute atomic E-state index is 0.0174. The van der Waals surface area contributed by atoms with Crippen LogP contribution in [0.15, 0.2) is 10.7 Å². The zero-order chi connectivity index (χ0) is 9.97. The molecule has 0 spiro atoms. The minimum Gasteiger partial charge on any atom is -0.446 e. The van der Waals surface area contributed by atoms with Crippen LogP contribution in [0.1, 0.15) is 37.5 Å². The van der Waals surface area contributed by atoms with Crippen LogP contribution >= 0.6 is 0 Å². The maximum absolute atomic E-state index is 5.54. The van der Waals surface area contributed by atoms with E-state index in [1.54, 1.807) is 6.26 Å². The summed E-state index contributed by atoms with van der Waals surface area (Å²) in [5.74, 6) is 1.10.